The highest BCUT2D eigenvalue weighted by Crippen LogP contribution is 2.29. The first kappa shape index (κ1) is 20.4. The number of ether oxygens (including phenoxy) is 2. The third-order valence-corrected chi connectivity index (χ3v) is 5.19. The third-order valence-electron chi connectivity index (χ3n) is 5.19. The van der Waals surface area contributed by atoms with Crippen molar-refractivity contribution in [1.82, 2.24) is 10.6 Å². The molecule has 0 spiro atoms. The summed E-state index contributed by atoms with van der Waals surface area (Å²) in [5.74, 6) is -1.10. The van der Waals surface area contributed by atoms with Gasteiger partial charge in [-0.1, -0.05) is 48.5 Å². The summed E-state index contributed by atoms with van der Waals surface area (Å²) in [5.41, 5.74) is 0.893. The fourth-order valence-corrected chi connectivity index (χ4v) is 3.84. The second-order valence-corrected chi connectivity index (χ2v) is 7.20. The Morgan fingerprint density at radius 3 is 2.16 bits per heavy atom. The van der Waals surface area contributed by atoms with Crippen LogP contribution in [0.5, 0.6) is 0 Å². The van der Waals surface area contributed by atoms with Crippen molar-refractivity contribution in [1.29, 1.82) is 0 Å². The van der Waals surface area contributed by atoms with Crippen LogP contribution in [0.1, 0.15) is 24.2 Å². The van der Waals surface area contributed by atoms with Crippen molar-refractivity contribution in [2.45, 2.75) is 19.9 Å². The molecule has 0 fully saturated rings. The SMILES string of the molecule is CCOC(=O)C1=C(COC(=O)c2c3ccccc3cc3ccccc23)NC(=O)N[C@H]1C. The van der Waals surface area contributed by atoms with Crippen molar-refractivity contribution in [2.24, 2.45) is 0 Å². The van der Waals surface area contributed by atoms with E-state index in [0.29, 0.717) is 5.56 Å². The van der Waals surface area contributed by atoms with Crippen LogP contribution in [0.15, 0.2) is 65.9 Å². The zero-order valence-electron chi connectivity index (χ0n) is 17.2. The predicted octanol–water partition coefficient (Wildman–Crippen LogP) is 3.67. The number of carbonyl (C=O) groups excluding carboxylic acids is 3. The van der Waals surface area contributed by atoms with Gasteiger partial charge in [0.1, 0.15) is 6.61 Å². The Balaban J connectivity index is 1.71. The van der Waals surface area contributed by atoms with Gasteiger partial charge in [-0.3, -0.25) is 0 Å². The zero-order valence-corrected chi connectivity index (χ0v) is 17.2. The number of rotatable bonds is 5. The van der Waals surface area contributed by atoms with Crippen molar-refractivity contribution < 1.29 is 23.9 Å². The quantitative estimate of drug-likeness (QED) is 0.487. The molecule has 3 aromatic rings. The van der Waals surface area contributed by atoms with Crippen LogP contribution < -0.4 is 10.6 Å². The van der Waals surface area contributed by atoms with E-state index in [1.807, 2.05) is 54.6 Å². The largest absolute Gasteiger partial charge is 0.463 e. The van der Waals surface area contributed by atoms with E-state index in [-0.39, 0.29) is 24.5 Å². The van der Waals surface area contributed by atoms with Crippen LogP contribution >= 0.6 is 0 Å². The summed E-state index contributed by atoms with van der Waals surface area (Å²) in [5, 5.41) is 8.57. The second kappa shape index (κ2) is 8.47. The topological polar surface area (TPSA) is 93.7 Å². The van der Waals surface area contributed by atoms with Crippen LogP contribution in [0, 0.1) is 0 Å². The molecular formula is C24H22N2O5. The monoisotopic (exact) mass is 418 g/mol. The van der Waals surface area contributed by atoms with Gasteiger partial charge in [0.15, 0.2) is 0 Å². The molecule has 1 aliphatic rings. The first-order valence-electron chi connectivity index (χ1n) is 10.0. The summed E-state index contributed by atoms with van der Waals surface area (Å²) in [6.07, 6.45) is 0. The molecule has 7 heteroatoms. The number of amides is 2. The van der Waals surface area contributed by atoms with E-state index in [0.717, 1.165) is 21.5 Å². The molecule has 0 radical (unpaired) electrons. The number of hydrogen-bond acceptors (Lipinski definition) is 5. The summed E-state index contributed by atoms with van der Waals surface area (Å²) in [6.45, 7) is 3.30. The molecule has 2 amide bonds. The molecule has 0 unspecified atom stereocenters. The Bertz CT molecular complexity index is 1180. The normalized spacial score (nSPS) is 16.1. The third kappa shape index (κ3) is 3.94. The van der Waals surface area contributed by atoms with E-state index >= 15 is 0 Å². The van der Waals surface area contributed by atoms with Gasteiger partial charge < -0.3 is 20.1 Å². The molecule has 2 N–H and O–H groups in total. The smallest absolute Gasteiger partial charge is 0.339 e. The van der Waals surface area contributed by atoms with Gasteiger partial charge in [-0.2, -0.15) is 0 Å². The number of esters is 2. The highest BCUT2D eigenvalue weighted by Gasteiger charge is 2.30. The van der Waals surface area contributed by atoms with Crippen molar-refractivity contribution in [3.8, 4) is 0 Å². The maximum atomic E-state index is 13.2. The Morgan fingerprint density at radius 2 is 1.55 bits per heavy atom. The Morgan fingerprint density at radius 1 is 0.935 bits per heavy atom. The van der Waals surface area contributed by atoms with E-state index in [4.69, 9.17) is 9.47 Å². The average molecular weight is 418 g/mol. The number of nitrogens with one attached hydrogen (secondary N) is 2. The van der Waals surface area contributed by atoms with Crippen LogP contribution in [0.25, 0.3) is 21.5 Å². The molecule has 7 nitrogen and oxygen atoms in total. The standard InChI is InChI=1S/C24H22N2O5/c1-3-30-22(27)20-14(2)25-24(29)26-19(20)13-31-23(28)21-17-10-6-4-8-15(17)12-16-9-5-7-11-18(16)21/h4-12,14H,3,13H2,1-2H3,(H2,25,26,29)/t14-/m0/s1. The minimum Gasteiger partial charge on any atom is -0.463 e. The first-order chi connectivity index (χ1) is 15.0. The van der Waals surface area contributed by atoms with Gasteiger partial charge in [-0.25, -0.2) is 14.4 Å². The zero-order chi connectivity index (χ0) is 22.0. The minimum absolute atomic E-state index is 0.193. The van der Waals surface area contributed by atoms with Crippen molar-refractivity contribution in [3.63, 3.8) is 0 Å². The molecule has 0 saturated carbocycles. The molecule has 3 aromatic carbocycles. The molecule has 31 heavy (non-hydrogen) atoms. The summed E-state index contributed by atoms with van der Waals surface area (Å²) in [4.78, 5) is 37.5. The lowest BCUT2D eigenvalue weighted by atomic mass is 9.97. The fraction of sp³-hybridized carbons (Fsp3) is 0.208. The van der Waals surface area contributed by atoms with Gasteiger partial charge in [-0.15, -0.1) is 0 Å². The van der Waals surface area contributed by atoms with E-state index in [1.165, 1.54) is 0 Å². The molecule has 0 bridgehead atoms. The van der Waals surface area contributed by atoms with Crippen molar-refractivity contribution >= 4 is 39.5 Å². The molecule has 158 valence electrons. The van der Waals surface area contributed by atoms with Crippen molar-refractivity contribution in [3.05, 3.63) is 71.4 Å². The van der Waals surface area contributed by atoms with Crippen LogP contribution in [-0.4, -0.2) is 37.2 Å². The Kier molecular flexibility index (Phi) is 5.58. The van der Waals surface area contributed by atoms with Crippen molar-refractivity contribution in [2.75, 3.05) is 13.2 Å². The van der Waals surface area contributed by atoms with Gasteiger partial charge in [0, 0.05) is 0 Å². The highest BCUT2D eigenvalue weighted by molar-refractivity contribution is 6.16. The average Bonchev–Trinajstić information content (AvgIpc) is 2.75. The van der Waals surface area contributed by atoms with Gasteiger partial charge in [0.25, 0.3) is 0 Å². The predicted molar refractivity (Wildman–Crippen MR) is 117 cm³/mol. The maximum Gasteiger partial charge on any atom is 0.339 e. The molecule has 1 heterocycles. The maximum absolute atomic E-state index is 13.2. The second-order valence-electron chi connectivity index (χ2n) is 7.20. The summed E-state index contributed by atoms with van der Waals surface area (Å²) in [6, 6.07) is 16.2. The molecule has 0 aromatic heterocycles. The van der Waals surface area contributed by atoms with Crippen LogP contribution in [-0.2, 0) is 14.3 Å². The number of benzene rings is 3. The summed E-state index contributed by atoms with van der Waals surface area (Å²) < 4.78 is 10.7. The van der Waals surface area contributed by atoms with Gasteiger partial charge in [0.05, 0.1) is 29.5 Å². The lowest BCUT2D eigenvalue weighted by molar-refractivity contribution is -0.139. The number of hydrogen-bond donors (Lipinski definition) is 2. The highest BCUT2D eigenvalue weighted by atomic mass is 16.5. The summed E-state index contributed by atoms with van der Waals surface area (Å²) in [7, 11) is 0. The molecular weight excluding hydrogens is 396 g/mol. The van der Waals surface area contributed by atoms with E-state index in [9.17, 15) is 14.4 Å². The molecule has 0 saturated heterocycles. The van der Waals surface area contributed by atoms with Crippen LogP contribution in [0.4, 0.5) is 4.79 Å². The number of urea groups is 1. The van der Waals surface area contributed by atoms with E-state index < -0.39 is 24.0 Å². The van der Waals surface area contributed by atoms with Gasteiger partial charge >= 0.3 is 18.0 Å². The Hall–Kier alpha value is -3.87. The molecule has 4 rings (SSSR count). The fourth-order valence-electron chi connectivity index (χ4n) is 3.84. The molecule has 1 aliphatic heterocycles. The van der Waals surface area contributed by atoms with E-state index in [2.05, 4.69) is 10.6 Å². The van der Waals surface area contributed by atoms with Gasteiger partial charge in [-0.05, 0) is 41.5 Å². The lowest BCUT2D eigenvalue weighted by Crippen LogP contribution is -2.50. The van der Waals surface area contributed by atoms with Crippen LogP contribution in [0.2, 0.25) is 0 Å². The first-order valence-corrected chi connectivity index (χ1v) is 10.0. The number of carbonyl (C=O) groups is 3. The number of fused-ring (bicyclic) bond motifs is 2. The molecule has 0 aliphatic carbocycles. The lowest BCUT2D eigenvalue weighted by Gasteiger charge is -2.26. The van der Waals surface area contributed by atoms with Gasteiger partial charge in [0.2, 0.25) is 0 Å². The molecule has 1 atom stereocenters. The van der Waals surface area contributed by atoms with Crippen LogP contribution in [0.3, 0.4) is 0 Å². The summed E-state index contributed by atoms with van der Waals surface area (Å²) >= 11 is 0. The Labute approximate surface area is 179 Å². The van der Waals surface area contributed by atoms with E-state index in [1.54, 1.807) is 13.8 Å². The minimum atomic E-state index is -0.570.